The average Bonchev–Trinajstić information content (AvgIpc) is 2.74. The Morgan fingerprint density at radius 3 is 2.55 bits per heavy atom. The maximum absolute atomic E-state index is 13.9. The van der Waals surface area contributed by atoms with Crippen LogP contribution in [0.15, 0.2) is 15.7 Å². The third-order valence-corrected chi connectivity index (χ3v) is 6.84. The van der Waals surface area contributed by atoms with Crippen LogP contribution in [0.25, 0.3) is 11.0 Å². The Morgan fingerprint density at radius 1 is 1.13 bits per heavy atom. The van der Waals surface area contributed by atoms with Crippen LogP contribution in [-0.2, 0) is 6.54 Å². The third-order valence-electron chi connectivity index (χ3n) is 6.84. The maximum atomic E-state index is 13.9. The monoisotopic (exact) mass is 426 g/mol. The number of aromatic nitrogens is 3. The lowest BCUT2D eigenvalue weighted by Crippen LogP contribution is -2.50. The molecule has 0 spiro atoms. The van der Waals surface area contributed by atoms with Gasteiger partial charge in [-0.15, -0.1) is 0 Å². The normalized spacial score (nSPS) is 21.7. The first-order valence-electron chi connectivity index (χ1n) is 11.8. The number of likely N-dealkylation sites (tertiary alicyclic amines) is 1. The van der Waals surface area contributed by atoms with Crippen LogP contribution in [0.5, 0.6) is 0 Å². The van der Waals surface area contributed by atoms with Crippen LogP contribution < -0.4 is 11.2 Å². The number of carbonyl (C=O) groups excluding carboxylic acids is 1. The minimum atomic E-state index is -0.525. The van der Waals surface area contributed by atoms with Crippen molar-refractivity contribution in [2.24, 2.45) is 11.8 Å². The fourth-order valence-corrected chi connectivity index (χ4v) is 5.32. The summed E-state index contributed by atoms with van der Waals surface area (Å²) in [6.07, 6.45) is 6.77. The Balaban J connectivity index is 1.91. The average molecular weight is 427 g/mol. The largest absolute Gasteiger partial charge is 0.335 e. The van der Waals surface area contributed by atoms with Crippen molar-refractivity contribution in [3.8, 4) is 0 Å². The van der Waals surface area contributed by atoms with Gasteiger partial charge in [0.2, 0.25) is 0 Å². The molecular weight excluding hydrogens is 392 g/mol. The van der Waals surface area contributed by atoms with E-state index in [1.807, 2.05) is 32.6 Å². The molecule has 2 aliphatic rings. The van der Waals surface area contributed by atoms with Gasteiger partial charge in [-0.3, -0.25) is 19.1 Å². The van der Waals surface area contributed by atoms with Gasteiger partial charge in [0.15, 0.2) is 5.65 Å². The van der Waals surface area contributed by atoms with Gasteiger partial charge in [-0.05, 0) is 49.5 Å². The Morgan fingerprint density at radius 2 is 1.84 bits per heavy atom. The minimum Gasteiger partial charge on any atom is -0.335 e. The molecule has 2 atom stereocenters. The molecule has 1 aliphatic carbocycles. The number of aromatic amines is 1. The molecule has 0 aromatic carbocycles. The lowest BCUT2D eigenvalue weighted by molar-refractivity contribution is 0.0392. The lowest BCUT2D eigenvalue weighted by Gasteiger charge is -2.44. The first kappa shape index (κ1) is 21.8. The first-order chi connectivity index (χ1) is 14.8. The summed E-state index contributed by atoms with van der Waals surface area (Å²) in [5, 5.41) is 0.243. The second kappa shape index (κ2) is 8.60. The third kappa shape index (κ3) is 4.06. The number of hydrogen-bond acceptors (Lipinski definition) is 4. The number of H-pyrrole nitrogens is 1. The quantitative estimate of drug-likeness (QED) is 0.808. The minimum absolute atomic E-state index is 0.0709. The molecule has 1 N–H and O–H groups in total. The summed E-state index contributed by atoms with van der Waals surface area (Å²) in [4.78, 5) is 48.5. The summed E-state index contributed by atoms with van der Waals surface area (Å²) in [7, 11) is 0. The smallest absolute Gasteiger partial charge is 0.330 e. The van der Waals surface area contributed by atoms with Gasteiger partial charge in [0.25, 0.3) is 11.5 Å². The number of carbonyl (C=O) groups is 1. The predicted molar refractivity (Wildman–Crippen MR) is 122 cm³/mol. The molecule has 2 fully saturated rings. The summed E-state index contributed by atoms with van der Waals surface area (Å²) in [6, 6.07) is 2.03. The Kier molecular flexibility index (Phi) is 6.04. The number of rotatable bonds is 4. The molecule has 7 heteroatoms. The van der Waals surface area contributed by atoms with Crippen LogP contribution in [-0.4, -0.2) is 37.9 Å². The van der Waals surface area contributed by atoms with Crippen LogP contribution in [0.4, 0.5) is 0 Å². The molecule has 2 unspecified atom stereocenters. The van der Waals surface area contributed by atoms with Crippen LogP contribution in [0.1, 0.15) is 88.2 Å². The number of amides is 1. The van der Waals surface area contributed by atoms with Gasteiger partial charge in [-0.2, -0.15) is 0 Å². The first-order valence-corrected chi connectivity index (χ1v) is 11.8. The van der Waals surface area contributed by atoms with Crippen molar-refractivity contribution in [3.05, 3.63) is 38.2 Å². The van der Waals surface area contributed by atoms with Crippen LogP contribution >= 0.6 is 0 Å². The lowest BCUT2D eigenvalue weighted by atomic mass is 9.78. The molecule has 168 valence electrons. The second-order valence-electron chi connectivity index (χ2n) is 9.96. The van der Waals surface area contributed by atoms with E-state index in [0.717, 1.165) is 31.5 Å². The van der Waals surface area contributed by atoms with E-state index in [4.69, 9.17) is 4.98 Å². The van der Waals surface area contributed by atoms with E-state index in [-0.39, 0.29) is 29.2 Å². The highest BCUT2D eigenvalue weighted by atomic mass is 16.2. The zero-order valence-corrected chi connectivity index (χ0v) is 19.1. The fourth-order valence-electron chi connectivity index (χ4n) is 5.32. The molecule has 0 bridgehead atoms. The van der Waals surface area contributed by atoms with Crippen molar-refractivity contribution in [2.45, 2.75) is 84.7 Å². The SMILES string of the molecule is CC(C)Cn1c(=O)[nH]c(=O)c2c(C(=O)N3CCCC4CCCCC43)cc(C(C)C)nc21. The van der Waals surface area contributed by atoms with Gasteiger partial charge in [0.05, 0.1) is 10.9 Å². The standard InChI is InChI=1S/C24H34N4O3/c1-14(2)13-28-21-20(22(29)26-24(28)31)17(12-18(25-21)15(3)4)23(30)27-11-7-9-16-8-5-6-10-19(16)27/h12,14-16,19H,5-11,13H2,1-4H3,(H,26,29,31). The van der Waals surface area contributed by atoms with Gasteiger partial charge in [-0.1, -0.05) is 40.5 Å². The second-order valence-corrected chi connectivity index (χ2v) is 9.96. The summed E-state index contributed by atoms with van der Waals surface area (Å²) in [5.74, 6) is 0.731. The zero-order valence-electron chi connectivity index (χ0n) is 19.1. The molecule has 1 aliphatic heterocycles. The van der Waals surface area contributed by atoms with Crippen LogP contribution in [0, 0.1) is 11.8 Å². The van der Waals surface area contributed by atoms with E-state index in [1.54, 1.807) is 6.07 Å². The molecule has 2 aromatic heterocycles. The van der Waals surface area contributed by atoms with Gasteiger partial charge < -0.3 is 4.90 Å². The van der Waals surface area contributed by atoms with Gasteiger partial charge in [-0.25, -0.2) is 9.78 Å². The molecular formula is C24H34N4O3. The molecule has 31 heavy (non-hydrogen) atoms. The van der Waals surface area contributed by atoms with Crippen molar-refractivity contribution >= 4 is 16.9 Å². The highest BCUT2D eigenvalue weighted by molar-refractivity contribution is 6.05. The Labute approximate surface area is 182 Å². The molecule has 3 heterocycles. The Bertz CT molecular complexity index is 1100. The van der Waals surface area contributed by atoms with E-state index in [0.29, 0.717) is 23.7 Å². The molecule has 0 radical (unpaired) electrons. The van der Waals surface area contributed by atoms with Gasteiger partial charge >= 0.3 is 5.69 Å². The molecule has 1 saturated heterocycles. The van der Waals surface area contributed by atoms with E-state index >= 15 is 0 Å². The van der Waals surface area contributed by atoms with Crippen molar-refractivity contribution in [1.82, 2.24) is 19.4 Å². The summed E-state index contributed by atoms with van der Waals surface area (Å²) < 4.78 is 1.52. The number of piperidine rings is 1. The summed E-state index contributed by atoms with van der Waals surface area (Å²) in [5.41, 5.74) is 0.454. The Hall–Kier alpha value is -2.44. The van der Waals surface area contributed by atoms with Gasteiger partial charge in [0.1, 0.15) is 0 Å². The van der Waals surface area contributed by atoms with Crippen LogP contribution in [0.2, 0.25) is 0 Å². The highest BCUT2D eigenvalue weighted by Crippen LogP contribution is 2.36. The number of nitrogens with zero attached hydrogens (tertiary/aromatic N) is 3. The predicted octanol–water partition coefficient (Wildman–Crippen LogP) is 3.66. The topological polar surface area (TPSA) is 88.1 Å². The summed E-state index contributed by atoms with van der Waals surface area (Å²) in [6.45, 7) is 9.21. The molecule has 4 rings (SSSR count). The van der Waals surface area contributed by atoms with E-state index < -0.39 is 11.2 Å². The van der Waals surface area contributed by atoms with Crippen molar-refractivity contribution in [2.75, 3.05) is 6.54 Å². The summed E-state index contributed by atoms with van der Waals surface area (Å²) >= 11 is 0. The number of fused-ring (bicyclic) bond motifs is 2. The van der Waals surface area contributed by atoms with E-state index in [1.165, 1.54) is 23.8 Å². The molecule has 1 amide bonds. The molecule has 2 aromatic rings. The fraction of sp³-hybridized carbons (Fsp3) is 0.667. The molecule has 1 saturated carbocycles. The number of nitrogens with one attached hydrogen (secondary N) is 1. The number of pyridine rings is 1. The van der Waals surface area contributed by atoms with Crippen LogP contribution in [0.3, 0.4) is 0 Å². The number of hydrogen-bond donors (Lipinski definition) is 1. The highest BCUT2D eigenvalue weighted by Gasteiger charge is 2.37. The zero-order chi connectivity index (χ0) is 22.3. The van der Waals surface area contributed by atoms with Crippen molar-refractivity contribution in [1.29, 1.82) is 0 Å². The van der Waals surface area contributed by atoms with E-state index in [2.05, 4.69) is 4.98 Å². The van der Waals surface area contributed by atoms with Gasteiger partial charge in [0, 0.05) is 24.8 Å². The van der Waals surface area contributed by atoms with Crippen molar-refractivity contribution < 1.29 is 4.79 Å². The molecule has 7 nitrogen and oxygen atoms in total. The maximum Gasteiger partial charge on any atom is 0.330 e. The van der Waals surface area contributed by atoms with Crippen molar-refractivity contribution in [3.63, 3.8) is 0 Å². The van der Waals surface area contributed by atoms with E-state index in [9.17, 15) is 14.4 Å².